The van der Waals surface area contributed by atoms with E-state index in [0.29, 0.717) is 5.56 Å². The van der Waals surface area contributed by atoms with Crippen LogP contribution in [0.5, 0.6) is 0 Å². The normalized spacial score (nSPS) is 11.0. The summed E-state index contributed by atoms with van der Waals surface area (Å²) in [7, 11) is -3.18. The highest BCUT2D eigenvalue weighted by molar-refractivity contribution is 7.89. The van der Waals surface area contributed by atoms with Gasteiger partial charge in [0.25, 0.3) is 5.91 Å². The van der Waals surface area contributed by atoms with Crippen molar-refractivity contribution in [1.29, 1.82) is 0 Å². The van der Waals surface area contributed by atoms with Gasteiger partial charge in [0.05, 0.1) is 17.0 Å². The Labute approximate surface area is 154 Å². The third kappa shape index (κ3) is 6.12. The fourth-order valence-electron chi connectivity index (χ4n) is 2.03. The molecule has 0 aliphatic carbocycles. The van der Waals surface area contributed by atoms with Gasteiger partial charge in [-0.1, -0.05) is 23.7 Å². The molecule has 1 amide bonds. The van der Waals surface area contributed by atoms with E-state index >= 15 is 0 Å². The van der Waals surface area contributed by atoms with Crippen LogP contribution in [-0.2, 0) is 25.1 Å². The summed E-state index contributed by atoms with van der Waals surface area (Å²) in [5.41, 5.74) is 0.561. The van der Waals surface area contributed by atoms with Gasteiger partial charge in [0.15, 0.2) is 16.4 Å². The van der Waals surface area contributed by atoms with Crippen LogP contribution in [0.15, 0.2) is 42.5 Å². The molecule has 138 valence electrons. The molecule has 0 fully saturated rings. The van der Waals surface area contributed by atoms with Gasteiger partial charge in [0.2, 0.25) is 0 Å². The number of carbonyl (C=O) groups is 2. The first kappa shape index (κ1) is 19.9. The summed E-state index contributed by atoms with van der Waals surface area (Å²) in [6.07, 6.45) is 1.11. The zero-order valence-electron chi connectivity index (χ0n) is 13.7. The zero-order valence-corrected chi connectivity index (χ0v) is 15.2. The number of amides is 1. The minimum atomic E-state index is -3.18. The highest BCUT2D eigenvalue weighted by Gasteiger charge is 2.13. The molecule has 0 bridgehead atoms. The summed E-state index contributed by atoms with van der Waals surface area (Å²) in [6.45, 7) is -0.615. The Morgan fingerprint density at radius 2 is 1.81 bits per heavy atom. The van der Waals surface area contributed by atoms with Gasteiger partial charge in [-0.25, -0.2) is 17.6 Å². The second-order valence-corrected chi connectivity index (χ2v) is 8.09. The van der Waals surface area contributed by atoms with Crippen molar-refractivity contribution in [2.24, 2.45) is 0 Å². The number of benzene rings is 2. The molecule has 0 saturated carbocycles. The molecule has 0 radical (unpaired) electrons. The van der Waals surface area contributed by atoms with Crippen molar-refractivity contribution in [2.45, 2.75) is 5.75 Å². The Balaban J connectivity index is 1.91. The minimum absolute atomic E-state index is 0.122. The Kier molecular flexibility index (Phi) is 6.33. The predicted octanol–water partition coefficient (Wildman–Crippen LogP) is 2.82. The Hall–Kier alpha value is -2.45. The molecule has 1 N–H and O–H groups in total. The van der Waals surface area contributed by atoms with Crippen molar-refractivity contribution in [3.63, 3.8) is 0 Å². The number of anilines is 1. The first-order valence-electron chi connectivity index (χ1n) is 7.33. The highest BCUT2D eigenvalue weighted by Crippen LogP contribution is 2.19. The van der Waals surface area contributed by atoms with E-state index in [-0.39, 0.29) is 22.0 Å². The number of carbonyl (C=O) groups excluding carboxylic acids is 2. The molecule has 2 aromatic carbocycles. The van der Waals surface area contributed by atoms with Crippen molar-refractivity contribution in [2.75, 3.05) is 18.2 Å². The molecule has 0 spiro atoms. The predicted molar refractivity (Wildman–Crippen MR) is 95.3 cm³/mol. The monoisotopic (exact) mass is 399 g/mol. The molecule has 0 atom stereocenters. The number of nitrogens with one attached hydrogen (secondary N) is 1. The molecule has 2 aromatic rings. The van der Waals surface area contributed by atoms with Crippen LogP contribution in [0.25, 0.3) is 0 Å². The second-order valence-electron chi connectivity index (χ2n) is 5.52. The molecule has 0 unspecified atom stereocenters. The van der Waals surface area contributed by atoms with Gasteiger partial charge < -0.3 is 10.1 Å². The summed E-state index contributed by atoms with van der Waals surface area (Å²) in [5.74, 6) is -2.31. The van der Waals surface area contributed by atoms with Gasteiger partial charge in [-0.05, 0) is 35.9 Å². The Morgan fingerprint density at radius 1 is 1.15 bits per heavy atom. The molecule has 0 aliphatic rings. The van der Waals surface area contributed by atoms with E-state index in [1.165, 1.54) is 36.4 Å². The van der Waals surface area contributed by atoms with Crippen LogP contribution in [0.4, 0.5) is 10.1 Å². The standard InChI is InChI=1S/C17H15ClFNO5S/c1-26(23,24)10-11-2-4-12(5-3-11)17(22)25-9-16(21)20-15-8-13(18)6-7-14(15)19/h2-8H,9-10H2,1H3,(H,20,21). The molecular formula is C17H15ClFNO5S. The number of rotatable bonds is 6. The number of sulfone groups is 1. The van der Waals surface area contributed by atoms with Crippen molar-refractivity contribution < 1.29 is 27.1 Å². The highest BCUT2D eigenvalue weighted by atomic mass is 35.5. The van der Waals surface area contributed by atoms with Crippen LogP contribution < -0.4 is 5.32 Å². The molecule has 2 rings (SSSR count). The lowest BCUT2D eigenvalue weighted by atomic mass is 10.1. The summed E-state index contributed by atoms with van der Waals surface area (Å²) in [4.78, 5) is 23.7. The fourth-order valence-corrected chi connectivity index (χ4v) is 3.00. The van der Waals surface area contributed by atoms with E-state index in [9.17, 15) is 22.4 Å². The molecule has 0 aromatic heterocycles. The van der Waals surface area contributed by atoms with Crippen LogP contribution >= 0.6 is 11.6 Å². The summed E-state index contributed by atoms with van der Waals surface area (Å²) >= 11 is 5.72. The SMILES string of the molecule is CS(=O)(=O)Cc1ccc(C(=O)OCC(=O)Nc2cc(Cl)ccc2F)cc1. The second kappa shape index (κ2) is 8.29. The lowest BCUT2D eigenvalue weighted by molar-refractivity contribution is -0.119. The summed E-state index contributed by atoms with van der Waals surface area (Å²) in [6, 6.07) is 9.44. The zero-order chi connectivity index (χ0) is 19.3. The fraction of sp³-hybridized carbons (Fsp3) is 0.176. The third-order valence-corrected chi connectivity index (χ3v) is 4.25. The van der Waals surface area contributed by atoms with Crippen LogP contribution in [0.3, 0.4) is 0 Å². The van der Waals surface area contributed by atoms with E-state index in [1.54, 1.807) is 0 Å². The lowest BCUT2D eigenvalue weighted by Crippen LogP contribution is -2.21. The molecule has 0 aliphatic heterocycles. The number of hydrogen-bond acceptors (Lipinski definition) is 5. The largest absolute Gasteiger partial charge is 0.452 e. The van der Waals surface area contributed by atoms with Gasteiger partial charge in [-0.2, -0.15) is 0 Å². The molecular weight excluding hydrogens is 385 g/mol. The van der Waals surface area contributed by atoms with Crippen molar-refractivity contribution in [3.8, 4) is 0 Å². The first-order valence-corrected chi connectivity index (χ1v) is 9.76. The topological polar surface area (TPSA) is 89.5 Å². The van der Waals surface area contributed by atoms with E-state index in [2.05, 4.69) is 5.32 Å². The number of halogens is 2. The maximum atomic E-state index is 13.5. The van der Waals surface area contributed by atoms with Crippen molar-refractivity contribution >= 4 is 39.0 Å². The van der Waals surface area contributed by atoms with Gasteiger partial charge in [0, 0.05) is 11.3 Å². The van der Waals surface area contributed by atoms with Crippen LogP contribution in [-0.4, -0.2) is 33.2 Å². The van der Waals surface area contributed by atoms with E-state index < -0.39 is 34.1 Å². The van der Waals surface area contributed by atoms with Crippen molar-refractivity contribution in [3.05, 3.63) is 64.4 Å². The maximum absolute atomic E-state index is 13.5. The first-order chi connectivity index (χ1) is 12.1. The summed E-state index contributed by atoms with van der Waals surface area (Å²) in [5, 5.41) is 2.49. The average molecular weight is 400 g/mol. The molecule has 9 heteroatoms. The van der Waals surface area contributed by atoms with E-state index in [4.69, 9.17) is 16.3 Å². The Bertz CT molecular complexity index is 929. The van der Waals surface area contributed by atoms with Crippen LogP contribution in [0.2, 0.25) is 5.02 Å². The van der Waals surface area contributed by atoms with Gasteiger partial charge in [-0.3, -0.25) is 4.79 Å². The summed E-state index contributed by atoms with van der Waals surface area (Å²) < 4.78 is 40.8. The minimum Gasteiger partial charge on any atom is -0.452 e. The number of hydrogen-bond donors (Lipinski definition) is 1. The van der Waals surface area contributed by atoms with Gasteiger partial charge in [-0.15, -0.1) is 0 Å². The molecule has 0 saturated heterocycles. The smallest absolute Gasteiger partial charge is 0.338 e. The van der Waals surface area contributed by atoms with E-state index in [1.807, 2.05) is 0 Å². The lowest BCUT2D eigenvalue weighted by Gasteiger charge is -2.08. The Morgan fingerprint density at radius 3 is 2.42 bits per heavy atom. The quantitative estimate of drug-likeness (QED) is 0.754. The van der Waals surface area contributed by atoms with Crippen LogP contribution in [0, 0.1) is 5.82 Å². The van der Waals surface area contributed by atoms with Crippen molar-refractivity contribution in [1.82, 2.24) is 0 Å². The average Bonchev–Trinajstić information content (AvgIpc) is 2.55. The maximum Gasteiger partial charge on any atom is 0.338 e. The van der Waals surface area contributed by atoms with Gasteiger partial charge in [0.1, 0.15) is 5.82 Å². The van der Waals surface area contributed by atoms with Crippen LogP contribution in [0.1, 0.15) is 15.9 Å². The third-order valence-electron chi connectivity index (χ3n) is 3.16. The number of ether oxygens (including phenoxy) is 1. The molecule has 6 nitrogen and oxygen atoms in total. The van der Waals surface area contributed by atoms with Gasteiger partial charge >= 0.3 is 5.97 Å². The molecule has 26 heavy (non-hydrogen) atoms. The van der Waals surface area contributed by atoms with E-state index in [0.717, 1.165) is 12.3 Å². The number of esters is 1. The molecule has 0 heterocycles.